The average Bonchev–Trinajstić information content (AvgIpc) is 2.51. The maximum atomic E-state index is 12.2. The van der Waals surface area contributed by atoms with Crippen molar-refractivity contribution in [3.63, 3.8) is 0 Å². The van der Waals surface area contributed by atoms with Gasteiger partial charge in [-0.2, -0.15) is 0 Å². The summed E-state index contributed by atoms with van der Waals surface area (Å²) in [5.74, 6) is 0.951. The maximum Gasteiger partial charge on any atom is 0.322 e. The molecule has 3 heterocycles. The average molecular weight is 345 g/mol. The number of aromatic nitrogens is 1. The highest BCUT2D eigenvalue weighted by Gasteiger charge is 2.31. The van der Waals surface area contributed by atoms with Crippen LogP contribution in [0.25, 0.3) is 0 Å². The fourth-order valence-corrected chi connectivity index (χ4v) is 3.58. The summed E-state index contributed by atoms with van der Waals surface area (Å²) in [5, 5.41) is 5.70. The number of pyridine rings is 1. The molecule has 3 rings (SSSR count). The highest BCUT2D eigenvalue weighted by molar-refractivity contribution is 5.90. The first-order valence-corrected chi connectivity index (χ1v) is 9.00. The highest BCUT2D eigenvalue weighted by Crippen LogP contribution is 2.27. The van der Waals surface area contributed by atoms with Crippen LogP contribution in [0.4, 0.5) is 16.3 Å². The van der Waals surface area contributed by atoms with Crippen LogP contribution in [0.15, 0.2) is 12.3 Å². The summed E-state index contributed by atoms with van der Waals surface area (Å²) in [7, 11) is 0. The van der Waals surface area contributed by atoms with Crippen molar-refractivity contribution in [2.24, 2.45) is 0 Å². The van der Waals surface area contributed by atoms with Crippen LogP contribution in [0.2, 0.25) is 0 Å². The Bertz CT molecular complexity index is 657. The molecule has 136 valence electrons. The molecule has 1 unspecified atom stereocenters. The Morgan fingerprint density at radius 1 is 1.28 bits per heavy atom. The number of carbonyl (C=O) groups excluding carboxylic acids is 2. The van der Waals surface area contributed by atoms with Crippen molar-refractivity contribution >= 4 is 23.4 Å². The Morgan fingerprint density at radius 3 is 2.68 bits per heavy atom. The van der Waals surface area contributed by atoms with Gasteiger partial charge in [0.15, 0.2) is 0 Å². The third-order valence-electron chi connectivity index (χ3n) is 4.95. The molecule has 7 heteroatoms. The van der Waals surface area contributed by atoms with Crippen molar-refractivity contribution in [3.05, 3.63) is 17.8 Å². The second kappa shape index (κ2) is 7.29. The van der Waals surface area contributed by atoms with E-state index in [9.17, 15) is 9.59 Å². The van der Waals surface area contributed by atoms with Crippen LogP contribution in [-0.2, 0) is 4.79 Å². The summed E-state index contributed by atoms with van der Waals surface area (Å²) in [6.45, 7) is 7.89. The lowest BCUT2D eigenvalue weighted by Gasteiger charge is -2.39. The van der Waals surface area contributed by atoms with E-state index >= 15 is 0 Å². The van der Waals surface area contributed by atoms with E-state index in [1.165, 1.54) is 26.2 Å². The number of hydrogen-bond donors (Lipinski definition) is 2. The predicted molar refractivity (Wildman–Crippen MR) is 97.8 cm³/mol. The Labute approximate surface area is 148 Å². The number of amides is 3. The van der Waals surface area contributed by atoms with E-state index in [1.54, 1.807) is 11.1 Å². The Kier molecular flexibility index (Phi) is 5.11. The SMILES string of the molecule is CC(=O)NC1CN(C(=O)Nc2cnc(N3CCCCC3C)c(C)c2)C1. The van der Waals surface area contributed by atoms with Crippen molar-refractivity contribution in [3.8, 4) is 0 Å². The summed E-state index contributed by atoms with van der Waals surface area (Å²) in [6, 6.07) is 2.40. The number of piperidine rings is 1. The summed E-state index contributed by atoms with van der Waals surface area (Å²) in [4.78, 5) is 31.9. The quantitative estimate of drug-likeness (QED) is 0.880. The number of nitrogens with one attached hydrogen (secondary N) is 2. The van der Waals surface area contributed by atoms with Gasteiger partial charge in [0.1, 0.15) is 5.82 Å². The van der Waals surface area contributed by atoms with E-state index in [0.717, 1.165) is 17.9 Å². The van der Waals surface area contributed by atoms with Crippen LogP contribution in [0.5, 0.6) is 0 Å². The molecule has 0 aliphatic carbocycles. The fourth-order valence-electron chi connectivity index (χ4n) is 3.58. The zero-order valence-corrected chi connectivity index (χ0v) is 15.2. The van der Waals surface area contributed by atoms with Crippen LogP contribution < -0.4 is 15.5 Å². The molecule has 25 heavy (non-hydrogen) atoms. The van der Waals surface area contributed by atoms with Gasteiger partial charge in [-0.1, -0.05) is 0 Å². The molecule has 0 spiro atoms. The largest absolute Gasteiger partial charge is 0.354 e. The fraction of sp³-hybridized carbons (Fsp3) is 0.611. The monoisotopic (exact) mass is 345 g/mol. The molecule has 3 amide bonds. The highest BCUT2D eigenvalue weighted by atomic mass is 16.2. The molecule has 2 N–H and O–H groups in total. The number of urea groups is 1. The number of likely N-dealkylation sites (tertiary alicyclic amines) is 1. The van der Waals surface area contributed by atoms with Crippen molar-refractivity contribution in [1.29, 1.82) is 0 Å². The minimum atomic E-state index is -0.151. The zero-order chi connectivity index (χ0) is 18.0. The van der Waals surface area contributed by atoms with E-state index in [-0.39, 0.29) is 18.0 Å². The number of carbonyl (C=O) groups is 2. The van der Waals surface area contributed by atoms with Crippen LogP contribution in [0, 0.1) is 6.92 Å². The molecule has 2 aliphatic heterocycles. The van der Waals surface area contributed by atoms with Crippen LogP contribution >= 0.6 is 0 Å². The number of anilines is 2. The van der Waals surface area contributed by atoms with Gasteiger partial charge in [0.05, 0.1) is 17.9 Å². The first-order chi connectivity index (χ1) is 11.9. The van der Waals surface area contributed by atoms with Crippen LogP contribution in [0.3, 0.4) is 0 Å². The van der Waals surface area contributed by atoms with E-state index < -0.39 is 0 Å². The number of hydrogen-bond acceptors (Lipinski definition) is 4. The Morgan fingerprint density at radius 2 is 2.04 bits per heavy atom. The molecule has 2 fully saturated rings. The van der Waals surface area contributed by atoms with Gasteiger partial charge in [-0.25, -0.2) is 9.78 Å². The molecule has 2 aliphatic rings. The molecule has 1 aromatic heterocycles. The van der Waals surface area contributed by atoms with Gasteiger partial charge in [0.2, 0.25) is 5.91 Å². The minimum absolute atomic E-state index is 0.0612. The summed E-state index contributed by atoms with van der Waals surface area (Å²) >= 11 is 0. The normalized spacial score (nSPS) is 20.8. The van der Waals surface area contributed by atoms with Gasteiger partial charge in [-0.15, -0.1) is 0 Å². The van der Waals surface area contributed by atoms with Gasteiger partial charge in [0, 0.05) is 32.6 Å². The van der Waals surface area contributed by atoms with E-state index in [2.05, 4.69) is 27.4 Å². The zero-order valence-electron chi connectivity index (χ0n) is 15.2. The van der Waals surface area contributed by atoms with Crippen molar-refractivity contribution in [1.82, 2.24) is 15.2 Å². The molecule has 1 atom stereocenters. The predicted octanol–water partition coefficient (Wildman–Crippen LogP) is 2.12. The smallest absolute Gasteiger partial charge is 0.322 e. The second-order valence-electron chi connectivity index (χ2n) is 7.14. The topological polar surface area (TPSA) is 77.6 Å². The molecule has 0 radical (unpaired) electrons. The summed E-state index contributed by atoms with van der Waals surface area (Å²) in [5.41, 5.74) is 1.78. The third-order valence-corrected chi connectivity index (χ3v) is 4.95. The van der Waals surface area contributed by atoms with Crippen molar-refractivity contribution < 1.29 is 9.59 Å². The third kappa shape index (κ3) is 4.03. The van der Waals surface area contributed by atoms with Gasteiger partial charge >= 0.3 is 6.03 Å². The number of nitrogens with zero attached hydrogens (tertiary/aromatic N) is 3. The van der Waals surface area contributed by atoms with Crippen molar-refractivity contribution in [2.75, 3.05) is 29.9 Å². The Balaban J connectivity index is 1.58. The molecule has 0 bridgehead atoms. The Hall–Kier alpha value is -2.31. The summed E-state index contributed by atoms with van der Waals surface area (Å²) < 4.78 is 0. The number of rotatable bonds is 3. The summed E-state index contributed by atoms with van der Waals surface area (Å²) in [6.07, 6.45) is 5.41. The second-order valence-corrected chi connectivity index (χ2v) is 7.14. The molecular formula is C18H27N5O2. The van der Waals surface area contributed by atoms with Crippen LogP contribution in [0.1, 0.15) is 38.7 Å². The van der Waals surface area contributed by atoms with Gasteiger partial charge in [-0.3, -0.25) is 4.79 Å². The molecule has 0 saturated carbocycles. The molecular weight excluding hydrogens is 318 g/mol. The minimum Gasteiger partial charge on any atom is -0.354 e. The van der Waals surface area contributed by atoms with Crippen LogP contribution in [-0.4, -0.2) is 53.5 Å². The molecule has 1 aromatic rings. The molecule has 7 nitrogen and oxygen atoms in total. The standard InChI is InChI=1S/C18H27N5O2/c1-12-8-15(9-19-17(12)23-7-5-4-6-13(23)2)21-18(25)22-10-16(11-22)20-14(3)24/h8-9,13,16H,4-7,10-11H2,1-3H3,(H,20,24)(H,21,25). The lowest BCUT2D eigenvalue weighted by atomic mass is 10.0. The molecule has 0 aromatic carbocycles. The van der Waals surface area contributed by atoms with E-state index in [4.69, 9.17) is 0 Å². The van der Waals surface area contributed by atoms with Gasteiger partial charge < -0.3 is 20.4 Å². The first-order valence-electron chi connectivity index (χ1n) is 9.00. The van der Waals surface area contributed by atoms with Gasteiger partial charge in [0.25, 0.3) is 0 Å². The maximum absolute atomic E-state index is 12.2. The van der Waals surface area contributed by atoms with E-state index in [0.29, 0.717) is 24.8 Å². The lowest BCUT2D eigenvalue weighted by Crippen LogP contribution is -2.61. The number of aryl methyl sites for hydroxylation is 1. The van der Waals surface area contributed by atoms with Gasteiger partial charge in [-0.05, 0) is 44.7 Å². The molecule has 2 saturated heterocycles. The first kappa shape index (κ1) is 17.5. The lowest BCUT2D eigenvalue weighted by molar-refractivity contribution is -0.120. The van der Waals surface area contributed by atoms with E-state index in [1.807, 2.05) is 13.0 Å². The van der Waals surface area contributed by atoms with Crippen molar-refractivity contribution in [2.45, 2.75) is 52.1 Å².